The summed E-state index contributed by atoms with van der Waals surface area (Å²) in [5, 5.41) is 8.87. The van der Waals surface area contributed by atoms with Crippen LogP contribution in [0.2, 0.25) is 0 Å². The van der Waals surface area contributed by atoms with E-state index < -0.39 is 0 Å². The van der Waals surface area contributed by atoms with E-state index in [0.717, 1.165) is 26.2 Å². The van der Waals surface area contributed by atoms with E-state index in [4.69, 9.17) is 5.11 Å². The lowest BCUT2D eigenvalue weighted by Crippen LogP contribution is -2.51. The summed E-state index contributed by atoms with van der Waals surface area (Å²) < 4.78 is 0. The van der Waals surface area contributed by atoms with Crippen molar-refractivity contribution in [2.24, 2.45) is 0 Å². The van der Waals surface area contributed by atoms with Gasteiger partial charge >= 0.3 is 0 Å². The summed E-state index contributed by atoms with van der Waals surface area (Å²) in [6.07, 6.45) is 0. The van der Waals surface area contributed by atoms with Crippen LogP contribution >= 0.6 is 0 Å². The molecule has 116 valence electrons. The van der Waals surface area contributed by atoms with Crippen LogP contribution in [0.1, 0.15) is 5.56 Å². The number of carbonyl (C=O) groups excluding carboxylic acids is 1. The summed E-state index contributed by atoms with van der Waals surface area (Å²) in [7, 11) is 1.86. The second-order valence-electron chi connectivity index (χ2n) is 5.67. The van der Waals surface area contributed by atoms with Gasteiger partial charge in [0.25, 0.3) is 0 Å². The highest BCUT2D eigenvalue weighted by Gasteiger charge is 2.21. The van der Waals surface area contributed by atoms with E-state index in [9.17, 15) is 4.79 Å². The molecule has 2 rings (SSSR count). The number of piperazine rings is 1. The van der Waals surface area contributed by atoms with Gasteiger partial charge in [0.1, 0.15) is 0 Å². The number of aliphatic hydroxyl groups is 1. The first-order chi connectivity index (χ1) is 10.1. The molecule has 1 N–H and O–H groups in total. The molecule has 0 aliphatic carbocycles. The molecule has 1 aromatic carbocycles. The van der Waals surface area contributed by atoms with Gasteiger partial charge in [0.2, 0.25) is 5.91 Å². The van der Waals surface area contributed by atoms with Crippen LogP contribution in [0.4, 0.5) is 5.69 Å². The number of hydrogen-bond donors (Lipinski definition) is 1. The van der Waals surface area contributed by atoms with Gasteiger partial charge in [-0.05, 0) is 31.7 Å². The Hall–Kier alpha value is -1.59. The normalized spacial score (nSPS) is 15.6. The van der Waals surface area contributed by atoms with Crippen molar-refractivity contribution in [3.05, 3.63) is 29.8 Å². The van der Waals surface area contributed by atoms with Crippen LogP contribution in [0.3, 0.4) is 0 Å². The number of anilines is 1. The lowest BCUT2D eigenvalue weighted by atomic mass is 10.2. The van der Waals surface area contributed by atoms with E-state index in [1.54, 1.807) is 0 Å². The highest BCUT2D eigenvalue weighted by molar-refractivity contribution is 5.78. The molecule has 1 aromatic rings. The zero-order chi connectivity index (χ0) is 15.2. The third kappa shape index (κ3) is 4.44. The van der Waals surface area contributed by atoms with Crippen LogP contribution in [-0.2, 0) is 4.79 Å². The molecule has 1 fully saturated rings. The smallest absolute Gasteiger partial charge is 0.236 e. The molecule has 5 heteroatoms. The predicted molar refractivity (Wildman–Crippen MR) is 84.6 cm³/mol. The van der Waals surface area contributed by atoms with Crippen molar-refractivity contribution >= 4 is 11.6 Å². The summed E-state index contributed by atoms with van der Waals surface area (Å²) in [6.45, 7) is 6.38. The summed E-state index contributed by atoms with van der Waals surface area (Å²) >= 11 is 0. The molecule has 1 aliphatic rings. The number of benzene rings is 1. The summed E-state index contributed by atoms with van der Waals surface area (Å²) in [5.74, 6) is 0.148. The van der Waals surface area contributed by atoms with Gasteiger partial charge in [0.15, 0.2) is 0 Å². The maximum absolute atomic E-state index is 12.2. The number of likely N-dealkylation sites (N-methyl/N-ethyl adjacent to an activating group) is 1. The maximum Gasteiger partial charge on any atom is 0.236 e. The molecule has 0 aromatic heterocycles. The zero-order valence-corrected chi connectivity index (χ0v) is 13.0. The molecule has 0 atom stereocenters. The number of amides is 1. The summed E-state index contributed by atoms with van der Waals surface area (Å²) in [5.41, 5.74) is 2.50. The minimum absolute atomic E-state index is 0.0882. The van der Waals surface area contributed by atoms with Crippen molar-refractivity contribution in [3.63, 3.8) is 0 Å². The maximum atomic E-state index is 12.2. The molecule has 0 radical (unpaired) electrons. The fourth-order valence-corrected chi connectivity index (χ4v) is 2.62. The quantitative estimate of drug-likeness (QED) is 0.861. The second kappa shape index (κ2) is 7.43. The summed E-state index contributed by atoms with van der Waals surface area (Å²) in [4.78, 5) is 18.3. The van der Waals surface area contributed by atoms with E-state index in [-0.39, 0.29) is 12.5 Å². The molecular formula is C16H25N3O2. The minimum Gasteiger partial charge on any atom is -0.395 e. The monoisotopic (exact) mass is 291 g/mol. The first-order valence-electron chi connectivity index (χ1n) is 7.49. The number of aliphatic hydroxyl groups excluding tert-OH is 1. The van der Waals surface area contributed by atoms with Crippen LogP contribution in [0.15, 0.2) is 24.3 Å². The molecule has 0 bridgehead atoms. The molecule has 21 heavy (non-hydrogen) atoms. The molecule has 5 nitrogen and oxygen atoms in total. The van der Waals surface area contributed by atoms with E-state index in [0.29, 0.717) is 13.1 Å². The van der Waals surface area contributed by atoms with Gasteiger partial charge < -0.3 is 14.9 Å². The molecule has 0 saturated carbocycles. The van der Waals surface area contributed by atoms with Crippen LogP contribution in [0.5, 0.6) is 0 Å². The van der Waals surface area contributed by atoms with Crippen LogP contribution in [-0.4, -0.2) is 73.7 Å². The van der Waals surface area contributed by atoms with Gasteiger partial charge in [0.05, 0.1) is 13.2 Å². The molecular weight excluding hydrogens is 266 g/mol. The molecule has 1 saturated heterocycles. The average molecular weight is 291 g/mol. The van der Waals surface area contributed by atoms with Crippen molar-refractivity contribution in [1.29, 1.82) is 0 Å². The Morgan fingerprint density at radius 2 is 2.00 bits per heavy atom. The molecule has 1 amide bonds. The third-order valence-electron chi connectivity index (χ3n) is 3.89. The molecule has 0 spiro atoms. The summed E-state index contributed by atoms with van der Waals surface area (Å²) in [6, 6.07) is 8.48. The minimum atomic E-state index is 0.0882. The fraction of sp³-hybridized carbons (Fsp3) is 0.562. The lowest BCUT2D eigenvalue weighted by Gasteiger charge is -2.36. The largest absolute Gasteiger partial charge is 0.395 e. The number of rotatable bonds is 5. The highest BCUT2D eigenvalue weighted by Crippen LogP contribution is 2.17. The zero-order valence-electron chi connectivity index (χ0n) is 13.0. The fourth-order valence-electron chi connectivity index (χ4n) is 2.62. The van der Waals surface area contributed by atoms with Gasteiger partial charge in [-0.1, -0.05) is 12.1 Å². The van der Waals surface area contributed by atoms with Crippen LogP contribution < -0.4 is 4.90 Å². The van der Waals surface area contributed by atoms with Crippen molar-refractivity contribution < 1.29 is 9.90 Å². The van der Waals surface area contributed by atoms with Crippen molar-refractivity contribution in [1.82, 2.24) is 9.80 Å². The Bertz CT molecular complexity index is 470. The number of nitrogens with zero attached hydrogens (tertiary/aromatic N) is 3. The number of hydrogen-bond acceptors (Lipinski definition) is 4. The lowest BCUT2D eigenvalue weighted by molar-refractivity contribution is -0.132. The van der Waals surface area contributed by atoms with Gasteiger partial charge in [-0.15, -0.1) is 0 Å². The SMILES string of the molecule is Cc1cccc(N2CCN(C(=O)CN(C)CCO)CC2)c1. The van der Waals surface area contributed by atoms with Crippen molar-refractivity contribution in [2.75, 3.05) is 57.8 Å². The van der Waals surface area contributed by atoms with Gasteiger partial charge in [-0.3, -0.25) is 9.69 Å². The number of carbonyl (C=O) groups is 1. The third-order valence-corrected chi connectivity index (χ3v) is 3.89. The van der Waals surface area contributed by atoms with Crippen molar-refractivity contribution in [3.8, 4) is 0 Å². The Labute approximate surface area is 126 Å². The van der Waals surface area contributed by atoms with E-state index in [1.165, 1.54) is 11.3 Å². The Morgan fingerprint density at radius 1 is 1.29 bits per heavy atom. The van der Waals surface area contributed by atoms with E-state index in [2.05, 4.69) is 36.1 Å². The first-order valence-corrected chi connectivity index (χ1v) is 7.49. The number of aryl methyl sites for hydroxylation is 1. The Morgan fingerprint density at radius 3 is 2.62 bits per heavy atom. The predicted octanol–water partition coefficient (Wildman–Crippen LogP) is 0.568. The van der Waals surface area contributed by atoms with Crippen LogP contribution in [0.25, 0.3) is 0 Å². The van der Waals surface area contributed by atoms with Crippen LogP contribution in [0, 0.1) is 6.92 Å². The topological polar surface area (TPSA) is 47.0 Å². The molecule has 1 aliphatic heterocycles. The Balaban J connectivity index is 1.84. The molecule has 1 heterocycles. The second-order valence-corrected chi connectivity index (χ2v) is 5.67. The average Bonchev–Trinajstić information content (AvgIpc) is 2.47. The van der Waals surface area contributed by atoms with Crippen molar-refractivity contribution in [2.45, 2.75) is 6.92 Å². The van der Waals surface area contributed by atoms with E-state index in [1.807, 2.05) is 16.8 Å². The first kappa shape index (κ1) is 15.8. The highest BCUT2D eigenvalue weighted by atomic mass is 16.3. The van der Waals surface area contributed by atoms with Gasteiger partial charge in [0, 0.05) is 38.4 Å². The molecule has 0 unspecified atom stereocenters. The van der Waals surface area contributed by atoms with Gasteiger partial charge in [-0.2, -0.15) is 0 Å². The standard InChI is InChI=1S/C16H25N3O2/c1-14-4-3-5-15(12-14)18-6-8-19(9-7-18)16(21)13-17(2)10-11-20/h3-5,12,20H,6-11,13H2,1-2H3. The van der Waals surface area contributed by atoms with Gasteiger partial charge in [-0.25, -0.2) is 0 Å². The Kier molecular flexibility index (Phi) is 5.59. The van der Waals surface area contributed by atoms with E-state index >= 15 is 0 Å².